The first-order chi connectivity index (χ1) is 8.65. The van der Waals surface area contributed by atoms with Crippen molar-refractivity contribution in [1.29, 1.82) is 0 Å². The van der Waals surface area contributed by atoms with Crippen molar-refractivity contribution in [3.8, 4) is 0 Å². The first kappa shape index (κ1) is 12.1. The van der Waals surface area contributed by atoms with Crippen LogP contribution in [0.1, 0.15) is 11.1 Å². The van der Waals surface area contributed by atoms with Crippen molar-refractivity contribution in [1.82, 2.24) is 4.98 Å². The van der Waals surface area contributed by atoms with Crippen LogP contribution in [0.4, 0.5) is 11.5 Å². The van der Waals surface area contributed by atoms with Crippen LogP contribution in [0.2, 0.25) is 0 Å². The minimum atomic E-state index is -0.119. The van der Waals surface area contributed by atoms with Crippen LogP contribution in [0.25, 0.3) is 0 Å². The van der Waals surface area contributed by atoms with Gasteiger partial charge in [0.05, 0.1) is 12.1 Å². The minimum Gasteiger partial charge on any atom is -0.396 e. The molecule has 0 bridgehead atoms. The molecule has 0 spiro atoms. The van der Waals surface area contributed by atoms with Crippen molar-refractivity contribution in [2.75, 3.05) is 11.1 Å². The third kappa shape index (κ3) is 3.07. The van der Waals surface area contributed by atoms with E-state index in [0.29, 0.717) is 17.9 Å². The topological polar surface area (TPSA) is 68.0 Å². The lowest BCUT2D eigenvalue weighted by molar-refractivity contribution is -0.115. The van der Waals surface area contributed by atoms with E-state index in [2.05, 4.69) is 10.3 Å². The number of nitrogens with one attached hydrogen (secondary N) is 1. The largest absolute Gasteiger partial charge is 0.396 e. The van der Waals surface area contributed by atoms with Gasteiger partial charge in [0, 0.05) is 6.20 Å². The van der Waals surface area contributed by atoms with Crippen molar-refractivity contribution in [3.05, 3.63) is 53.7 Å². The van der Waals surface area contributed by atoms with Gasteiger partial charge in [-0.3, -0.25) is 4.79 Å². The standard InChI is InChI=1S/C14H15N3O/c1-10-4-2-5-11(8-10)9-13(18)17-14-12(15)6-3-7-16-14/h2-8H,9,15H2,1H3,(H,16,17,18). The molecule has 1 amide bonds. The number of anilines is 2. The third-order valence-corrected chi connectivity index (χ3v) is 2.54. The minimum absolute atomic E-state index is 0.119. The van der Waals surface area contributed by atoms with Crippen LogP contribution in [0.5, 0.6) is 0 Å². The third-order valence-electron chi connectivity index (χ3n) is 2.54. The quantitative estimate of drug-likeness (QED) is 0.865. The van der Waals surface area contributed by atoms with Gasteiger partial charge in [0.1, 0.15) is 0 Å². The molecular formula is C14H15N3O. The molecule has 0 unspecified atom stereocenters. The molecule has 1 aromatic carbocycles. The number of aryl methyl sites for hydroxylation is 1. The van der Waals surface area contributed by atoms with Gasteiger partial charge in [0.2, 0.25) is 5.91 Å². The molecule has 1 aromatic heterocycles. The lowest BCUT2D eigenvalue weighted by Gasteiger charge is -2.07. The summed E-state index contributed by atoms with van der Waals surface area (Å²) in [6, 6.07) is 11.3. The number of aromatic nitrogens is 1. The van der Waals surface area contributed by atoms with E-state index in [0.717, 1.165) is 11.1 Å². The fourth-order valence-electron chi connectivity index (χ4n) is 1.71. The highest BCUT2D eigenvalue weighted by Gasteiger charge is 2.06. The molecule has 0 atom stereocenters. The van der Waals surface area contributed by atoms with Crippen molar-refractivity contribution in [2.45, 2.75) is 13.3 Å². The van der Waals surface area contributed by atoms with Gasteiger partial charge in [-0.1, -0.05) is 29.8 Å². The van der Waals surface area contributed by atoms with E-state index >= 15 is 0 Å². The number of rotatable bonds is 3. The Morgan fingerprint density at radius 3 is 2.89 bits per heavy atom. The molecular weight excluding hydrogens is 226 g/mol. The van der Waals surface area contributed by atoms with Crippen LogP contribution < -0.4 is 11.1 Å². The van der Waals surface area contributed by atoms with Crippen LogP contribution in [0.15, 0.2) is 42.6 Å². The highest BCUT2D eigenvalue weighted by atomic mass is 16.1. The van der Waals surface area contributed by atoms with E-state index in [9.17, 15) is 4.79 Å². The van der Waals surface area contributed by atoms with E-state index < -0.39 is 0 Å². The lowest BCUT2D eigenvalue weighted by Crippen LogP contribution is -2.16. The molecule has 0 aliphatic carbocycles. The van der Waals surface area contributed by atoms with E-state index in [1.807, 2.05) is 31.2 Å². The number of carbonyl (C=O) groups excluding carboxylic acids is 1. The fraction of sp³-hybridized carbons (Fsp3) is 0.143. The second-order valence-corrected chi connectivity index (χ2v) is 4.16. The van der Waals surface area contributed by atoms with Gasteiger partial charge in [-0.25, -0.2) is 4.98 Å². The van der Waals surface area contributed by atoms with Crippen molar-refractivity contribution >= 4 is 17.4 Å². The number of nitrogens with two attached hydrogens (primary N) is 1. The SMILES string of the molecule is Cc1cccc(CC(=O)Nc2ncccc2N)c1. The fourth-order valence-corrected chi connectivity index (χ4v) is 1.71. The smallest absolute Gasteiger partial charge is 0.230 e. The molecule has 0 saturated heterocycles. The molecule has 18 heavy (non-hydrogen) atoms. The summed E-state index contributed by atoms with van der Waals surface area (Å²) in [5.74, 6) is 0.293. The molecule has 0 fully saturated rings. The first-order valence-electron chi connectivity index (χ1n) is 5.71. The van der Waals surface area contributed by atoms with Gasteiger partial charge in [0.25, 0.3) is 0 Å². The number of nitrogens with zero attached hydrogens (tertiary/aromatic N) is 1. The molecule has 2 rings (SSSR count). The van der Waals surface area contributed by atoms with Crippen LogP contribution >= 0.6 is 0 Å². The maximum atomic E-state index is 11.8. The zero-order chi connectivity index (χ0) is 13.0. The molecule has 0 aliphatic rings. The van der Waals surface area contributed by atoms with Crippen molar-refractivity contribution in [2.24, 2.45) is 0 Å². The monoisotopic (exact) mass is 241 g/mol. The molecule has 0 saturated carbocycles. The molecule has 0 radical (unpaired) electrons. The van der Waals surface area contributed by atoms with E-state index in [-0.39, 0.29) is 5.91 Å². The summed E-state index contributed by atoms with van der Waals surface area (Å²) in [4.78, 5) is 15.9. The number of carbonyl (C=O) groups is 1. The first-order valence-corrected chi connectivity index (χ1v) is 5.71. The number of pyridine rings is 1. The van der Waals surface area contributed by atoms with Crippen LogP contribution in [-0.4, -0.2) is 10.9 Å². The summed E-state index contributed by atoms with van der Waals surface area (Å²) in [5, 5.41) is 2.70. The van der Waals surface area contributed by atoms with Crippen LogP contribution in [0, 0.1) is 6.92 Å². The summed E-state index contributed by atoms with van der Waals surface area (Å²) in [5.41, 5.74) is 8.29. The average Bonchev–Trinajstić information content (AvgIpc) is 2.32. The number of hydrogen-bond acceptors (Lipinski definition) is 3. The predicted octanol–water partition coefficient (Wildman–Crippen LogP) is 2.15. The second kappa shape index (κ2) is 5.31. The molecule has 0 aliphatic heterocycles. The summed E-state index contributed by atoms with van der Waals surface area (Å²) >= 11 is 0. The van der Waals surface area contributed by atoms with Crippen LogP contribution in [-0.2, 0) is 11.2 Å². The van der Waals surface area contributed by atoms with Gasteiger partial charge < -0.3 is 11.1 Å². The zero-order valence-electron chi connectivity index (χ0n) is 10.2. The van der Waals surface area contributed by atoms with Gasteiger partial charge in [-0.15, -0.1) is 0 Å². The highest BCUT2D eigenvalue weighted by molar-refractivity contribution is 5.93. The number of hydrogen-bond donors (Lipinski definition) is 2. The molecule has 3 N–H and O–H groups in total. The van der Waals surface area contributed by atoms with Crippen molar-refractivity contribution in [3.63, 3.8) is 0 Å². The van der Waals surface area contributed by atoms with E-state index in [1.54, 1.807) is 18.3 Å². The predicted molar refractivity (Wildman–Crippen MR) is 72.2 cm³/mol. The summed E-state index contributed by atoms with van der Waals surface area (Å²) in [6.45, 7) is 2.00. The maximum Gasteiger partial charge on any atom is 0.230 e. The van der Waals surface area contributed by atoms with Crippen LogP contribution in [0.3, 0.4) is 0 Å². The van der Waals surface area contributed by atoms with Crippen molar-refractivity contribution < 1.29 is 4.79 Å². The Morgan fingerprint density at radius 2 is 2.17 bits per heavy atom. The average molecular weight is 241 g/mol. The summed E-state index contributed by atoms with van der Waals surface area (Å²) in [6.07, 6.45) is 1.91. The Bertz CT molecular complexity index is 566. The highest BCUT2D eigenvalue weighted by Crippen LogP contribution is 2.13. The molecule has 92 valence electrons. The Balaban J connectivity index is 2.03. The molecule has 1 heterocycles. The van der Waals surface area contributed by atoms with Gasteiger partial charge in [-0.2, -0.15) is 0 Å². The summed E-state index contributed by atoms with van der Waals surface area (Å²) in [7, 11) is 0. The second-order valence-electron chi connectivity index (χ2n) is 4.16. The Kier molecular flexibility index (Phi) is 3.57. The summed E-state index contributed by atoms with van der Waals surface area (Å²) < 4.78 is 0. The molecule has 4 heteroatoms. The number of benzene rings is 1. The Labute approximate surface area is 106 Å². The molecule has 2 aromatic rings. The Morgan fingerprint density at radius 1 is 1.33 bits per heavy atom. The van der Waals surface area contributed by atoms with E-state index in [4.69, 9.17) is 5.73 Å². The maximum absolute atomic E-state index is 11.8. The van der Waals surface area contributed by atoms with Gasteiger partial charge in [0.15, 0.2) is 5.82 Å². The zero-order valence-corrected chi connectivity index (χ0v) is 10.2. The number of amides is 1. The van der Waals surface area contributed by atoms with Gasteiger partial charge in [-0.05, 0) is 24.6 Å². The van der Waals surface area contributed by atoms with Gasteiger partial charge >= 0.3 is 0 Å². The molecule has 4 nitrogen and oxygen atoms in total. The lowest BCUT2D eigenvalue weighted by atomic mass is 10.1. The Hall–Kier alpha value is -2.36. The van der Waals surface area contributed by atoms with E-state index in [1.165, 1.54) is 0 Å². The normalized spacial score (nSPS) is 10.1. The number of nitrogen functional groups attached to an aromatic ring is 1.